The summed E-state index contributed by atoms with van der Waals surface area (Å²) in [4.78, 5) is 62.9. The number of phenolic OH excluding ortho intramolecular Hbond substituents is 1. The number of ether oxygens (including phenoxy) is 3. The van der Waals surface area contributed by atoms with Gasteiger partial charge >= 0.3 is 0 Å². The molecule has 1 unspecified atom stereocenters. The second-order valence-electron chi connectivity index (χ2n) is 14.2. The fourth-order valence-corrected chi connectivity index (χ4v) is 7.83. The number of nitrogen functional groups attached to an aromatic ring is 1. The van der Waals surface area contributed by atoms with E-state index in [1.54, 1.807) is 48.5 Å². The van der Waals surface area contributed by atoms with Crippen LogP contribution in [-0.2, 0) is 23.9 Å². The van der Waals surface area contributed by atoms with E-state index < -0.39 is 29.7 Å². The van der Waals surface area contributed by atoms with Crippen LogP contribution in [0.1, 0.15) is 59.2 Å². The molecule has 0 radical (unpaired) electrons. The molecule has 16 heteroatoms. The molecule has 2 bridgehead atoms. The van der Waals surface area contributed by atoms with Gasteiger partial charge in [0.25, 0.3) is 11.8 Å². The van der Waals surface area contributed by atoms with Gasteiger partial charge in [-0.3, -0.25) is 34.2 Å². The minimum absolute atomic E-state index is 0.0628. The van der Waals surface area contributed by atoms with Gasteiger partial charge in [-0.1, -0.05) is 12.1 Å². The van der Waals surface area contributed by atoms with Crippen molar-refractivity contribution in [2.75, 3.05) is 57.2 Å². The maximum absolute atomic E-state index is 13.0. The SMILES string of the molecule is Nc1nnc(-c2ccccc2O)cc1OCC12CC(CNC(=O)CCOCCOCCNc3ccc4c(c3)C(=O)N(C3CCC(=O)NC3=O)C4=O)(C1)C2. The fraction of sp³-hybridized carbons (Fsp3) is 0.432. The minimum atomic E-state index is -1.01. The monoisotopic (exact) mass is 727 g/mol. The van der Waals surface area contributed by atoms with Crippen molar-refractivity contribution in [3.63, 3.8) is 0 Å². The van der Waals surface area contributed by atoms with Gasteiger partial charge in [-0.05, 0) is 61.4 Å². The number of imide groups is 2. The number of rotatable bonds is 17. The Balaban J connectivity index is 0.730. The number of nitrogens with two attached hydrogens (primary N) is 1. The summed E-state index contributed by atoms with van der Waals surface area (Å²) in [7, 11) is 0. The Morgan fingerprint density at radius 1 is 0.925 bits per heavy atom. The molecule has 3 aliphatic carbocycles. The first-order valence-electron chi connectivity index (χ1n) is 17.6. The van der Waals surface area contributed by atoms with E-state index in [1.807, 2.05) is 0 Å². The Morgan fingerprint density at radius 2 is 1.68 bits per heavy atom. The lowest BCUT2D eigenvalue weighted by atomic mass is 9.35. The van der Waals surface area contributed by atoms with Crippen LogP contribution in [0, 0.1) is 10.8 Å². The van der Waals surface area contributed by atoms with Crippen LogP contribution in [0.5, 0.6) is 11.5 Å². The Morgan fingerprint density at radius 3 is 2.45 bits per heavy atom. The number of amides is 5. The van der Waals surface area contributed by atoms with Crippen molar-refractivity contribution < 1.29 is 43.3 Å². The van der Waals surface area contributed by atoms with Gasteiger partial charge in [0.05, 0.1) is 44.2 Å². The lowest BCUT2D eigenvalue weighted by Crippen LogP contribution is -2.67. The number of hydrogen-bond donors (Lipinski definition) is 5. The maximum Gasteiger partial charge on any atom is 0.262 e. The summed E-state index contributed by atoms with van der Waals surface area (Å²) in [5, 5.41) is 26.6. The van der Waals surface area contributed by atoms with Gasteiger partial charge in [0.2, 0.25) is 17.7 Å². The van der Waals surface area contributed by atoms with Crippen LogP contribution in [0.3, 0.4) is 0 Å². The van der Waals surface area contributed by atoms with Gasteiger partial charge in [-0.15, -0.1) is 10.2 Å². The number of aromatic nitrogens is 2. The molecule has 2 aromatic carbocycles. The van der Waals surface area contributed by atoms with Gasteiger partial charge < -0.3 is 35.7 Å². The van der Waals surface area contributed by atoms with Crippen LogP contribution in [-0.4, -0.2) is 102 Å². The first-order valence-corrected chi connectivity index (χ1v) is 17.6. The third kappa shape index (κ3) is 7.50. The summed E-state index contributed by atoms with van der Waals surface area (Å²) in [6.07, 6.45) is 3.29. The fourth-order valence-electron chi connectivity index (χ4n) is 7.83. The van der Waals surface area contributed by atoms with E-state index in [9.17, 15) is 29.1 Å². The van der Waals surface area contributed by atoms with Gasteiger partial charge in [0.1, 0.15) is 17.5 Å². The van der Waals surface area contributed by atoms with Crippen LogP contribution in [0.15, 0.2) is 48.5 Å². The van der Waals surface area contributed by atoms with Crippen molar-refractivity contribution in [1.29, 1.82) is 0 Å². The number of carbonyl (C=O) groups excluding carboxylic acids is 5. The Labute approximate surface area is 304 Å². The highest BCUT2D eigenvalue weighted by Crippen LogP contribution is 2.73. The zero-order valence-corrected chi connectivity index (χ0v) is 29.0. The molecule has 5 aliphatic rings. The molecule has 6 N–H and O–H groups in total. The predicted octanol–water partition coefficient (Wildman–Crippen LogP) is 2.03. The Hall–Kier alpha value is -5.61. The smallest absolute Gasteiger partial charge is 0.262 e. The van der Waals surface area contributed by atoms with E-state index in [0.29, 0.717) is 62.2 Å². The molecule has 53 heavy (non-hydrogen) atoms. The Bertz CT molecular complexity index is 1930. The second-order valence-corrected chi connectivity index (χ2v) is 14.2. The highest BCUT2D eigenvalue weighted by atomic mass is 16.5. The number of piperidine rings is 1. The van der Waals surface area contributed by atoms with E-state index in [2.05, 4.69) is 26.1 Å². The number of nitrogens with one attached hydrogen (secondary N) is 3. The number of fused-ring (bicyclic) bond motifs is 1. The van der Waals surface area contributed by atoms with Crippen molar-refractivity contribution in [3.8, 4) is 22.8 Å². The highest BCUT2D eigenvalue weighted by molar-refractivity contribution is 6.23. The van der Waals surface area contributed by atoms with Gasteiger partial charge in [-0.25, -0.2) is 0 Å². The number of para-hydroxylation sites is 1. The van der Waals surface area contributed by atoms with Crippen LogP contribution >= 0.6 is 0 Å². The van der Waals surface area contributed by atoms with E-state index in [0.717, 1.165) is 24.2 Å². The molecule has 4 fully saturated rings. The summed E-state index contributed by atoms with van der Waals surface area (Å²) in [6.45, 7) is 2.85. The molecule has 8 rings (SSSR count). The third-order valence-electron chi connectivity index (χ3n) is 10.3. The van der Waals surface area contributed by atoms with Crippen LogP contribution < -0.4 is 26.4 Å². The molecular formula is C37H41N7O9. The van der Waals surface area contributed by atoms with Crippen molar-refractivity contribution in [1.82, 2.24) is 25.7 Å². The number of benzene rings is 2. The van der Waals surface area contributed by atoms with Gasteiger partial charge in [-0.2, -0.15) is 0 Å². The van der Waals surface area contributed by atoms with Crippen molar-refractivity contribution in [3.05, 3.63) is 59.7 Å². The predicted molar refractivity (Wildman–Crippen MR) is 189 cm³/mol. The summed E-state index contributed by atoms with van der Waals surface area (Å²) in [5.41, 5.74) is 8.24. The van der Waals surface area contributed by atoms with Crippen LogP contribution in [0.25, 0.3) is 11.3 Å². The van der Waals surface area contributed by atoms with Gasteiger partial charge in [0, 0.05) is 48.7 Å². The van der Waals surface area contributed by atoms with Crippen molar-refractivity contribution in [2.45, 2.75) is 44.6 Å². The largest absolute Gasteiger partial charge is 0.507 e. The van der Waals surface area contributed by atoms with Gasteiger partial charge in [0.15, 0.2) is 11.6 Å². The number of hydrogen-bond acceptors (Lipinski definition) is 13. The molecular weight excluding hydrogens is 686 g/mol. The molecule has 3 aromatic rings. The number of nitrogens with zero attached hydrogens (tertiary/aromatic N) is 3. The lowest BCUT2D eigenvalue weighted by Gasteiger charge is -2.70. The maximum atomic E-state index is 13.0. The average Bonchev–Trinajstić information content (AvgIpc) is 3.35. The zero-order valence-electron chi connectivity index (χ0n) is 29.0. The number of anilines is 2. The molecule has 1 aromatic heterocycles. The number of phenols is 1. The van der Waals surface area contributed by atoms with Crippen LogP contribution in [0.2, 0.25) is 0 Å². The first-order chi connectivity index (χ1) is 25.6. The summed E-state index contributed by atoms with van der Waals surface area (Å²) < 4.78 is 17.2. The second kappa shape index (κ2) is 14.8. The number of carbonyl (C=O) groups is 5. The summed E-state index contributed by atoms with van der Waals surface area (Å²) in [6, 6.07) is 12.4. The van der Waals surface area contributed by atoms with Crippen molar-refractivity contribution >= 4 is 41.0 Å². The highest BCUT2D eigenvalue weighted by Gasteiger charge is 2.67. The number of aromatic hydroxyl groups is 1. The van der Waals surface area contributed by atoms with E-state index in [1.165, 1.54) is 0 Å². The molecule has 1 atom stereocenters. The quantitative estimate of drug-likeness (QED) is 0.0993. The molecule has 278 valence electrons. The van der Waals surface area contributed by atoms with E-state index >= 15 is 0 Å². The average molecular weight is 728 g/mol. The Kier molecular flexibility index (Phi) is 9.98. The first kappa shape index (κ1) is 35.8. The molecule has 5 amide bonds. The van der Waals surface area contributed by atoms with Crippen LogP contribution in [0.4, 0.5) is 11.5 Å². The molecule has 16 nitrogen and oxygen atoms in total. The zero-order chi connectivity index (χ0) is 37.2. The molecule has 2 aliphatic heterocycles. The van der Waals surface area contributed by atoms with Crippen molar-refractivity contribution in [2.24, 2.45) is 10.8 Å². The summed E-state index contributed by atoms with van der Waals surface area (Å²) >= 11 is 0. The minimum Gasteiger partial charge on any atom is -0.507 e. The molecule has 1 saturated heterocycles. The molecule has 0 spiro atoms. The summed E-state index contributed by atoms with van der Waals surface area (Å²) in [5.74, 6) is -1.52. The van der Waals surface area contributed by atoms with E-state index in [-0.39, 0.29) is 65.3 Å². The standard InChI is InChI=1S/C37H41N7O9/c38-32-29(16-26(42-43-32)24-3-1-2-4-28(24)45)53-21-37-17-36(18-37,19-37)20-40-30(46)9-11-51-13-14-52-12-10-39-22-5-6-23-25(15-22)35(50)44(34(23)49)27-7-8-31(47)41-33(27)48/h1-6,15-16,27,39,45H,7-14,17-21H2,(H2,38,43)(H,40,46)(H,41,47,48). The normalized spacial score (nSPS) is 22.8. The lowest BCUT2D eigenvalue weighted by molar-refractivity contribution is -0.215. The third-order valence-corrected chi connectivity index (χ3v) is 10.3. The molecule has 3 saturated carbocycles. The topological polar surface area (TPSA) is 224 Å². The van der Waals surface area contributed by atoms with E-state index in [4.69, 9.17) is 19.9 Å². The molecule has 3 heterocycles.